The maximum absolute atomic E-state index is 12.8. The summed E-state index contributed by atoms with van der Waals surface area (Å²) in [5, 5.41) is 16.8. The second-order valence-corrected chi connectivity index (χ2v) is 13.4. The zero-order valence-electron chi connectivity index (χ0n) is 28.4. The molecule has 3 amide bonds. The third-order valence-electron chi connectivity index (χ3n) is 7.62. The molecule has 0 bridgehead atoms. The molecule has 4 aromatic rings. The lowest BCUT2D eigenvalue weighted by Crippen LogP contribution is -2.44. The number of nitrogens with one attached hydrogen (secondary N) is 6. The van der Waals surface area contributed by atoms with Crippen molar-refractivity contribution in [1.29, 1.82) is 0 Å². The number of benzene rings is 2. The minimum Gasteiger partial charge on any atom is -0.462 e. The van der Waals surface area contributed by atoms with Gasteiger partial charge in [-0.2, -0.15) is 4.98 Å². The number of ether oxygens (including phenoxy) is 1. The van der Waals surface area contributed by atoms with Crippen molar-refractivity contribution in [3.63, 3.8) is 0 Å². The maximum Gasteiger partial charge on any atom is 0.321 e. The van der Waals surface area contributed by atoms with E-state index in [1.165, 1.54) is 0 Å². The van der Waals surface area contributed by atoms with Crippen molar-refractivity contribution < 1.29 is 19.1 Å². The zero-order valence-corrected chi connectivity index (χ0v) is 30.0. The van der Waals surface area contributed by atoms with Crippen LogP contribution >= 0.6 is 15.9 Å². The second-order valence-electron chi connectivity index (χ2n) is 12.5. The molecule has 1 saturated heterocycles. The Hall–Kier alpha value is -4.69. The van der Waals surface area contributed by atoms with Gasteiger partial charge in [-0.25, -0.2) is 9.78 Å². The highest BCUT2D eigenvalue weighted by Crippen LogP contribution is 2.24. The lowest BCUT2D eigenvalue weighted by atomic mass is 10.0. The molecule has 0 radical (unpaired) electrons. The first kappa shape index (κ1) is 37.1. The van der Waals surface area contributed by atoms with Gasteiger partial charge in [0.25, 0.3) is 6.47 Å². The molecule has 1 fully saturated rings. The predicted molar refractivity (Wildman–Crippen MR) is 197 cm³/mol. The summed E-state index contributed by atoms with van der Waals surface area (Å²) >= 11 is 3.50. The first-order valence-corrected chi connectivity index (χ1v) is 17.2. The van der Waals surface area contributed by atoms with Gasteiger partial charge in [0.15, 0.2) is 0 Å². The van der Waals surface area contributed by atoms with Crippen LogP contribution < -0.4 is 26.6 Å². The standard InChI is InChI=1S/C30H36BrN9O2.C5H10O2/c1-32-26(16-20-18-35-25-11-3-2-10-23(20)25)28(41)34-13-7-12-33-27-24(31)19-36-29(39-27)37-21-8-6-9-22(17-21)38-30(42)40-14-4-5-15-40;1-5(2,3)7-4-6/h2-3,6,8-11,17-19,26,32,35H,4-5,7,12-16H2,1H3,(H,34,41)(H,38,42)(H2,33,36,37,39);4H,1-3H3. The average Bonchev–Trinajstić information content (AvgIpc) is 3.76. The number of urea groups is 1. The fraction of sp³-hybridized carbons (Fsp3) is 0.400. The first-order chi connectivity index (χ1) is 23.6. The van der Waals surface area contributed by atoms with Crippen LogP contribution in [-0.2, 0) is 20.7 Å². The molecule has 1 aliphatic heterocycles. The number of hydrogen-bond acceptors (Lipinski definition) is 9. The molecule has 49 heavy (non-hydrogen) atoms. The quantitative estimate of drug-likeness (QED) is 0.0736. The minimum atomic E-state index is -0.325. The van der Waals surface area contributed by atoms with E-state index >= 15 is 0 Å². The number of anilines is 4. The Morgan fingerprint density at radius 1 is 1.08 bits per heavy atom. The van der Waals surface area contributed by atoms with Crippen LogP contribution in [0.25, 0.3) is 10.9 Å². The summed E-state index contributed by atoms with van der Waals surface area (Å²) < 4.78 is 5.28. The third-order valence-corrected chi connectivity index (χ3v) is 8.20. The molecule has 2 aromatic heterocycles. The number of hydrogen-bond donors (Lipinski definition) is 6. The topological polar surface area (TPSA) is 165 Å². The molecule has 0 saturated carbocycles. The number of carbonyl (C=O) groups excluding carboxylic acids is 3. The fourth-order valence-corrected chi connectivity index (χ4v) is 5.43. The van der Waals surface area contributed by atoms with Gasteiger partial charge in [-0.05, 0) is 99.3 Å². The molecule has 13 nitrogen and oxygen atoms in total. The van der Waals surface area contributed by atoms with Crippen molar-refractivity contribution in [2.75, 3.05) is 49.2 Å². The number of rotatable bonds is 13. The number of H-pyrrole nitrogens is 1. The van der Waals surface area contributed by atoms with Gasteiger partial charge >= 0.3 is 6.03 Å². The van der Waals surface area contributed by atoms with Gasteiger partial charge in [0.2, 0.25) is 11.9 Å². The van der Waals surface area contributed by atoms with E-state index in [0.29, 0.717) is 49.9 Å². The van der Waals surface area contributed by atoms with Gasteiger partial charge in [0.05, 0.1) is 10.5 Å². The highest BCUT2D eigenvalue weighted by atomic mass is 79.9. The van der Waals surface area contributed by atoms with Gasteiger partial charge in [0.1, 0.15) is 11.4 Å². The zero-order chi connectivity index (χ0) is 35.2. The molecule has 262 valence electrons. The van der Waals surface area contributed by atoms with E-state index in [0.717, 1.165) is 52.6 Å². The first-order valence-electron chi connectivity index (χ1n) is 16.4. The molecular formula is C35H46BrN9O4. The van der Waals surface area contributed by atoms with Crippen molar-refractivity contribution in [2.45, 2.75) is 58.1 Å². The van der Waals surface area contributed by atoms with Crippen LogP contribution in [0.2, 0.25) is 0 Å². The Kier molecular flexibility index (Phi) is 13.8. The lowest BCUT2D eigenvalue weighted by molar-refractivity contribution is -0.138. The number of amides is 3. The average molecular weight is 737 g/mol. The van der Waals surface area contributed by atoms with Crippen LogP contribution in [0, 0.1) is 0 Å². The van der Waals surface area contributed by atoms with Crippen LogP contribution in [0.5, 0.6) is 0 Å². The predicted octanol–water partition coefficient (Wildman–Crippen LogP) is 5.80. The SMILES string of the molecule is CC(C)(C)OC=O.CNC(Cc1c[nH]c2ccccc12)C(=O)NCCCNc1nc(Nc2cccc(NC(=O)N3CCCC3)c2)ncc1Br. The maximum atomic E-state index is 12.8. The summed E-state index contributed by atoms with van der Waals surface area (Å²) in [6, 6.07) is 15.2. The lowest BCUT2D eigenvalue weighted by Gasteiger charge is -2.17. The number of fused-ring (bicyclic) bond motifs is 1. The van der Waals surface area contributed by atoms with Crippen molar-refractivity contribution in [3.8, 4) is 0 Å². The molecule has 0 spiro atoms. The number of likely N-dealkylation sites (N-methyl/N-ethyl adjacent to an activating group) is 1. The van der Waals surface area contributed by atoms with Crippen molar-refractivity contribution >= 4 is 68.4 Å². The van der Waals surface area contributed by atoms with Gasteiger partial charge in [-0.3, -0.25) is 9.59 Å². The van der Waals surface area contributed by atoms with E-state index in [4.69, 9.17) is 0 Å². The van der Waals surface area contributed by atoms with Gasteiger partial charge in [-0.15, -0.1) is 0 Å². The van der Waals surface area contributed by atoms with E-state index in [-0.39, 0.29) is 23.6 Å². The number of likely N-dealkylation sites (tertiary alicyclic amines) is 1. The number of carbonyl (C=O) groups is 3. The van der Waals surface area contributed by atoms with Gasteiger partial charge < -0.3 is 41.2 Å². The van der Waals surface area contributed by atoms with Crippen LogP contribution in [-0.4, -0.2) is 83.1 Å². The van der Waals surface area contributed by atoms with E-state index in [2.05, 4.69) is 68.3 Å². The number of aromatic amines is 1. The van der Waals surface area contributed by atoms with Crippen molar-refractivity contribution in [1.82, 2.24) is 30.5 Å². The summed E-state index contributed by atoms with van der Waals surface area (Å²) in [7, 11) is 1.81. The molecule has 14 heteroatoms. The number of nitrogens with zero attached hydrogens (tertiary/aromatic N) is 3. The third kappa shape index (κ3) is 11.8. The molecular weight excluding hydrogens is 690 g/mol. The van der Waals surface area contributed by atoms with Crippen molar-refractivity contribution in [3.05, 3.63) is 71.0 Å². The summed E-state index contributed by atoms with van der Waals surface area (Å²) in [6.07, 6.45) is 7.06. The van der Waals surface area contributed by atoms with E-state index < -0.39 is 0 Å². The molecule has 5 rings (SSSR count). The Labute approximate surface area is 295 Å². The molecule has 1 atom stereocenters. The molecule has 1 unspecified atom stereocenters. The van der Waals surface area contributed by atoms with Crippen LogP contribution in [0.1, 0.15) is 45.6 Å². The Morgan fingerprint density at radius 3 is 2.55 bits per heavy atom. The summed E-state index contributed by atoms with van der Waals surface area (Å²) in [4.78, 5) is 48.9. The highest BCUT2D eigenvalue weighted by Gasteiger charge is 2.19. The molecule has 1 aliphatic rings. The smallest absolute Gasteiger partial charge is 0.321 e. The van der Waals surface area contributed by atoms with Crippen LogP contribution in [0.4, 0.5) is 27.9 Å². The molecule has 3 heterocycles. The van der Waals surface area contributed by atoms with E-state index in [9.17, 15) is 14.4 Å². The summed E-state index contributed by atoms with van der Waals surface area (Å²) in [6.45, 7) is 8.65. The van der Waals surface area contributed by atoms with E-state index in [1.54, 1.807) is 13.2 Å². The molecule has 0 aliphatic carbocycles. The van der Waals surface area contributed by atoms with Gasteiger partial charge in [-0.1, -0.05) is 24.3 Å². The number of para-hydroxylation sites is 1. The normalized spacial score (nSPS) is 13.2. The number of aromatic nitrogens is 3. The van der Waals surface area contributed by atoms with Crippen molar-refractivity contribution in [2.24, 2.45) is 0 Å². The minimum absolute atomic E-state index is 0.0312. The summed E-state index contributed by atoms with van der Waals surface area (Å²) in [5.41, 5.74) is 3.33. The monoisotopic (exact) mass is 735 g/mol. The second kappa shape index (κ2) is 18.2. The van der Waals surface area contributed by atoms with Crippen LogP contribution in [0.3, 0.4) is 0 Å². The molecule has 2 aromatic carbocycles. The number of halogens is 1. The Balaban J connectivity index is 0.000000698. The van der Waals surface area contributed by atoms with Crippen LogP contribution in [0.15, 0.2) is 65.4 Å². The Morgan fingerprint density at radius 2 is 1.84 bits per heavy atom. The fourth-order valence-electron chi connectivity index (χ4n) is 5.10. The van der Waals surface area contributed by atoms with Gasteiger partial charge in [0, 0.05) is 60.9 Å². The highest BCUT2D eigenvalue weighted by molar-refractivity contribution is 9.10. The molecule has 6 N–H and O–H groups in total. The summed E-state index contributed by atoms with van der Waals surface area (Å²) in [5.74, 6) is 1.03. The largest absolute Gasteiger partial charge is 0.462 e. The Bertz CT molecular complexity index is 1690. The van der Waals surface area contributed by atoms with E-state index in [1.807, 2.05) is 74.3 Å².